The van der Waals surface area contributed by atoms with Gasteiger partial charge >= 0.3 is 0 Å². The van der Waals surface area contributed by atoms with Crippen molar-refractivity contribution < 1.29 is 4.42 Å². The molecule has 2 aromatic rings. The van der Waals surface area contributed by atoms with Crippen LogP contribution in [-0.2, 0) is 12.8 Å². The van der Waals surface area contributed by atoms with Crippen LogP contribution in [-0.4, -0.2) is 26.1 Å². The Kier molecular flexibility index (Phi) is 3.87. The number of anilines is 2. The number of nitrogens with one attached hydrogen (secondary N) is 1. The fourth-order valence-electron chi connectivity index (χ4n) is 1.77. The van der Waals surface area contributed by atoms with Crippen LogP contribution in [0.4, 0.5) is 11.7 Å². The number of oxazole rings is 1. The second-order valence-corrected chi connectivity index (χ2v) is 4.45. The van der Waals surface area contributed by atoms with Crippen molar-refractivity contribution in [3.05, 3.63) is 41.8 Å². The molecule has 96 valence electrons. The van der Waals surface area contributed by atoms with E-state index in [-0.39, 0.29) is 0 Å². The second-order valence-electron chi connectivity index (χ2n) is 4.45. The van der Waals surface area contributed by atoms with Gasteiger partial charge in [0, 0.05) is 26.8 Å². The minimum Gasteiger partial charge on any atom is -0.432 e. The van der Waals surface area contributed by atoms with Gasteiger partial charge in [-0.3, -0.25) is 0 Å². The molecule has 0 aliphatic rings. The van der Waals surface area contributed by atoms with Crippen LogP contribution >= 0.6 is 0 Å². The van der Waals surface area contributed by atoms with Gasteiger partial charge in [-0.2, -0.15) is 4.98 Å². The molecule has 0 bridgehead atoms. The fraction of sp³-hybridized carbons (Fsp3) is 0.357. The highest BCUT2D eigenvalue weighted by molar-refractivity contribution is 5.46. The quantitative estimate of drug-likeness (QED) is 0.879. The van der Waals surface area contributed by atoms with Crippen molar-refractivity contribution in [3.8, 4) is 0 Å². The van der Waals surface area contributed by atoms with Gasteiger partial charge in [0.2, 0.25) is 0 Å². The van der Waals surface area contributed by atoms with Crippen molar-refractivity contribution >= 4 is 11.7 Å². The highest BCUT2D eigenvalue weighted by Crippen LogP contribution is 2.14. The van der Waals surface area contributed by atoms with Gasteiger partial charge in [0.25, 0.3) is 6.01 Å². The highest BCUT2D eigenvalue weighted by atomic mass is 16.4. The largest absolute Gasteiger partial charge is 0.432 e. The molecule has 1 heterocycles. The summed E-state index contributed by atoms with van der Waals surface area (Å²) < 4.78 is 5.22. The molecule has 0 radical (unpaired) electrons. The Morgan fingerprint density at radius 3 is 2.44 bits per heavy atom. The first-order chi connectivity index (χ1) is 8.69. The molecule has 0 fully saturated rings. The van der Waals surface area contributed by atoms with E-state index in [1.54, 1.807) is 13.3 Å². The summed E-state index contributed by atoms with van der Waals surface area (Å²) in [6, 6.07) is 9.17. The van der Waals surface area contributed by atoms with E-state index in [1.807, 2.05) is 14.1 Å². The van der Waals surface area contributed by atoms with Crippen molar-refractivity contribution in [2.45, 2.75) is 12.8 Å². The van der Waals surface area contributed by atoms with E-state index in [9.17, 15) is 0 Å². The average Bonchev–Trinajstić information content (AvgIpc) is 2.85. The second kappa shape index (κ2) is 5.58. The first-order valence-corrected chi connectivity index (χ1v) is 6.07. The number of benzene rings is 1. The molecule has 4 nitrogen and oxygen atoms in total. The van der Waals surface area contributed by atoms with Crippen LogP contribution in [0, 0.1) is 0 Å². The van der Waals surface area contributed by atoms with Gasteiger partial charge in [0.05, 0.1) is 5.69 Å². The number of hydrogen-bond acceptors (Lipinski definition) is 4. The Morgan fingerprint density at radius 1 is 1.17 bits per heavy atom. The standard InChI is InChI=1S/C14H19N3O/c1-15-14-16-12(10-18-14)7-4-11-5-8-13(9-6-11)17(2)3/h5-6,8-10H,4,7H2,1-3H3,(H,15,16). The Labute approximate surface area is 108 Å². The molecule has 0 unspecified atom stereocenters. The zero-order valence-corrected chi connectivity index (χ0v) is 11.1. The first kappa shape index (κ1) is 12.5. The van der Waals surface area contributed by atoms with Crippen molar-refractivity contribution in [2.75, 3.05) is 31.4 Å². The molecule has 1 aromatic carbocycles. The van der Waals surface area contributed by atoms with Crippen molar-refractivity contribution in [2.24, 2.45) is 0 Å². The van der Waals surface area contributed by atoms with E-state index in [2.05, 4.69) is 39.5 Å². The molecule has 1 aromatic heterocycles. The van der Waals surface area contributed by atoms with Crippen LogP contribution in [0.5, 0.6) is 0 Å². The predicted octanol–water partition coefficient (Wildman–Crippen LogP) is 2.57. The number of rotatable bonds is 5. The maximum absolute atomic E-state index is 5.22. The summed E-state index contributed by atoms with van der Waals surface area (Å²) >= 11 is 0. The van der Waals surface area contributed by atoms with Crippen LogP contribution in [0.3, 0.4) is 0 Å². The molecule has 0 aliphatic carbocycles. The topological polar surface area (TPSA) is 41.3 Å². The zero-order valence-electron chi connectivity index (χ0n) is 11.1. The monoisotopic (exact) mass is 245 g/mol. The van der Waals surface area contributed by atoms with E-state index in [1.165, 1.54) is 11.3 Å². The van der Waals surface area contributed by atoms with Gasteiger partial charge < -0.3 is 14.6 Å². The first-order valence-electron chi connectivity index (χ1n) is 6.07. The van der Waals surface area contributed by atoms with Gasteiger partial charge in [-0.25, -0.2) is 0 Å². The molecule has 18 heavy (non-hydrogen) atoms. The van der Waals surface area contributed by atoms with E-state index in [0.717, 1.165) is 18.5 Å². The molecule has 4 heteroatoms. The van der Waals surface area contributed by atoms with Crippen LogP contribution < -0.4 is 10.2 Å². The maximum Gasteiger partial charge on any atom is 0.294 e. The summed E-state index contributed by atoms with van der Waals surface area (Å²) in [6.45, 7) is 0. The van der Waals surface area contributed by atoms with Gasteiger partial charge in [-0.15, -0.1) is 0 Å². The molecule has 0 aliphatic heterocycles. The SMILES string of the molecule is CNc1nc(CCc2ccc(N(C)C)cc2)co1. The normalized spacial score (nSPS) is 10.4. The summed E-state index contributed by atoms with van der Waals surface area (Å²) in [5, 5.41) is 2.88. The Hall–Kier alpha value is -1.97. The Bertz CT molecular complexity index is 488. The minimum atomic E-state index is 0.577. The van der Waals surface area contributed by atoms with Crippen LogP contribution in [0.1, 0.15) is 11.3 Å². The fourth-order valence-corrected chi connectivity index (χ4v) is 1.77. The minimum absolute atomic E-state index is 0.577. The van der Waals surface area contributed by atoms with E-state index in [4.69, 9.17) is 4.42 Å². The molecule has 2 rings (SSSR count). The molecule has 0 spiro atoms. The van der Waals surface area contributed by atoms with Crippen molar-refractivity contribution in [1.82, 2.24) is 4.98 Å². The lowest BCUT2D eigenvalue weighted by atomic mass is 10.1. The van der Waals surface area contributed by atoms with Crippen LogP contribution in [0.15, 0.2) is 34.9 Å². The Balaban J connectivity index is 1.93. The number of nitrogens with zero attached hydrogens (tertiary/aromatic N) is 2. The predicted molar refractivity (Wildman–Crippen MR) is 74.2 cm³/mol. The van der Waals surface area contributed by atoms with Gasteiger partial charge in [-0.1, -0.05) is 12.1 Å². The number of hydrogen-bond donors (Lipinski definition) is 1. The van der Waals surface area contributed by atoms with Crippen LogP contribution in [0.25, 0.3) is 0 Å². The lowest BCUT2D eigenvalue weighted by Gasteiger charge is -2.12. The summed E-state index contributed by atoms with van der Waals surface area (Å²) in [4.78, 5) is 6.40. The molecule has 0 atom stereocenters. The van der Waals surface area contributed by atoms with E-state index < -0.39 is 0 Å². The van der Waals surface area contributed by atoms with Gasteiger partial charge in [0.1, 0.15) is 6.26 Å². The van der Waals surface area contributed by atoms with Gasteiger partial charge in [0.15, 0.2) is 0 Å². The number of aromatic nitrogens is 1. The van der Waals surface area contributed by atoms with Gasteiger partial charge in [-0.05, 0) is 30.5 Å². The zero-order chi connectivity index (χ0) is 13.0. The maximum atomic E-state index is 5.22. The third kappa shape index (κ3) is 3.03. The Morgan fingerprint density at radius 2 is 1.89 bits per heavy atom. The highest BCUT2D eigenvalue weighted by Gasteiger charge is 2.03. The van der Waals surface area contributed by atoms with E-state index >= 15 is 0 Å². The third-order valence-electron chi connectivity index (χ3n) is 2.89. The summed E-state index contributed by atoms with van der Waals surface area (Å²) in [7, 11) is 5.89. The van der Waals surface area contributed by atoms with E-state index in [0.29, 0.717) is 6.01 Å². The summed E-state index contributed by atoms with van der Waals surface area (Å²) in [5.41, 5.74) is 3.52. The molecule has 0 saturated heterocycles. The van der Waals surface area contributed by atoms with Crippen molar-refractivity contribution in [3.63, 3.8) is 0 Å². The molecule has 0 amide bonds. The van der Waals surface area contributed by atoms with Crippen LogP contribution in [0.2, 0.25) is 0 Å². The molecular weight excluding hydrogens is 226 g/mol. The molecular formula is C14H19N3O. The molecule has 1 N–H and O–H groups in total. The average molecular weight is 245 g/mol. The summed E-state index contributed by atoms with van der Waals surface area (Å²) in [5.74, 6) is 0. The summed E-state index contributed by atoms with van der Waals surface area (Å²) in [6.07, 6.45) is 3.58. The number of aryl methyl sites for hydroxylation is 2. The smallest absolute Gasteiger partial charge is 0.294 e. The molecule has 0 saturated carbocycles. The lowest BCUT2D eigenvalue weighted by Crippen LogP contribution is -2.08. The van der Waals surface area contributed by atoms with Crippen molar-refractivity contribution in [1.29, 1.82) is 0 Å². The third-order valence-corrected chi connectivity index (χ3v) is 2.89. The lowest BCUT2D eigenvalue weighted by molar-refractivity contribution is 0.573.